The average Bonchev–Trinajstić information content (AvgIpc) is 3.80. The molecule has 2 atom stereocenters. The van der Waals surface area contributed by atoms with Gasteiger partial charge in [0.05, 0.1) is 30.3 Å². The molecule has 0 radical (unpaired) electrons. The summed E-state index contributed by atoms with van der Waals surface area (Å²) in [5, 5.41) is 15.9. The molecule has 0 unspecified atom stereocenters. The summed E-state index contributed by atoms with van der Waals surface area (Å²) in [5.41, 5.74) is 2.81. The third-order valence-corrected chi connectivity index (χ3v) is 8.83. The first-order valence-electron chi connectivity index (χ1n) is 16.7. The van der Waals surface area contributed by atoms with Crippen molar-refractivity contribution >= 4 is 34.7 Å². The van der Waals surface area contributed by atoms with Crippen LogP contribution in [0.5, 0.6) is 5.75 Å². The number of hydrogen-bond acceptors (Lipinski definition) is 8. The smallest absolute Gasteiger partial charge is 0.254 e. The van der Waals surface area contributed by atoms with E-state index in [1.807, 2.05) is 71.5 Å². The molecule has 0 spiro atoms. The summed E-state index contributed by atoms with van der Waals surface area (Å²) in [5.74, 6) is 1.32. The molecular formula is C35H44N8O5. The number of aliphatic hydroxyl groups is 1. The maximum atomic E-state index is 14.0. The van der Waals surface area contributed by atoms with E-state index in [-0.39, 0.29) is 36.9 Å². The number of benzene rings is 2. The number of β-amino-alcohol motifs (C(OH)–C–C–N with tert-alkyl or cyclic N) is 1. The van der Waals surface area contributed by atoms with Crippen LogP contribution < -0.4 is 20.3 Å². The number of aryl methyl sites for hydroxylation is 1. The van der Waals surface area contributed by atoms with Gasteiger partial charge < -0.3 is 39.4 Å². The fourth-order valence-corrected chi connectivity index (χ4v) is 6.42. The molecule has 0 aliphatic carbocycles. The first kappa shape index (κ1) is 33.0. The molecule has 2 aliphatic rings. The van der Waals surface area contributed by atoms with Gasteiger partial charge in [0.2, 0.25) is 17.8 Å². The Bertz CT molecular complexity index is 1780. The number of anilines is 1. The second-order valence-corrected chi connectivity index (χ2v) is 13.0. The molecule has 13 nitrogen and oxygen atoms in total. The molecule has 2 bridgehead atoms. The summed E-state index contributed by atoms with van der Waals surface area (Å²) in [7, 11) is 1.92. The monoisotopic (exact) mass is 656 g/mol. The molecular weight excluding hydrogens is 612 g/mol. The summed E-state index contributed by atoms with van der Waals surface area (Å²) in [4.78, 5) is 53.6. The average molecular weight is 657 g/mol. The third-order valence-electron chi connectivity index (χ3n) is 8.83. The molecule has 13 heteroatoms. The van der Waals surface area contributed by atoms with Crippen LogP contribution in [0, 0.1) is 5.92 Å². The normalized spacial score (nSPS) is 19.8. The molecule has 1 fully saturated rings. The minimum Gasteiger partial charge on any atom is -0.494 e. The SMILES string of the molecule is CC(C)C[C@H]1NC(=O)CN(C(=O)c2ccc3c(c2)nc(N2CC[C@H](O)C2)n3C)CCCOc2cccc(c2)-c2nccn2CCNC1=O. The Morgan fingerprint density at radius 2 is 1.98 bits per heavy atom. The van der Waals surface area contributed by atoms with Crippen LogP contribution in [0.4, 0.5) is 5.95 Å². The number of rotatable bonds is 4. The molecule has 0 saturated carbocycles. The van der Waals surface area contributed by atoms with Crippen LogP contribution in [-0.2, 0) is 23.2 Å². The molecule has 254 valence electrons. The van der Waals surface area contributed by atoms with E-state index in [1.165, 1.54) is 4.90 Å². The van der Waals surface area contributed by atoms with Gasteiger partial charge in [0, 0.05) is 63.3 Å². The van der Waals surface area contributed by atoms with Gasteiger partial charge in [-0.1, -0.05) is 26.0 Å². The maximum Gasteiger partial charge on any atom is 0.254 e. The minimum absolute atomic E-state index is 0.153. The van der Waals surface area contributed by atoms with Gasteiger partial charge in [0.15, 0.2) is 0 Å². The van der Waals surface area contributed by atoms with Crippen molar-refractivity contribution in [3.05, 3.63) is 60.4 Å². The van der Waals surface area contributed by atoms with Crippen LogP contribution in [0.3, 0.4) is 0 Å². The lowest BCUT2D eigenvalue weighted by atomic mass is 10.0. The van der Waals surface area contributed by atoms with Gasteiger partial charge in [-0.2, -0.15) is 0 Å². The number of aliphatic hydroxyl groups excluding tert-OH is 1. The highest BCUT2D eigenvalue weighted by Crippen LogP contribution is 2.26. The first-order valence-corrected chi connectivity index (χ1v) is 16.7. The van der Waals surface area contributed by atoms with Crippen molar-refractivity contribution in [2.24, 2.45) is 13.0 Å². The van der Waals surface area contributed by atoms with E-state index in [4.69, 9.17) is 9.72 Å². The molecule has 4 aromatic rings. The third kappa shape index (κ3) is 7.46. The number of hydrogen-bond donors (Lipinski definition) is 3. The second kappa shape index (κ2) is 14.5. The van der Waals surface area contributed by atoms with E-state index in [1.54, 1.807) is 18.3 Å². The highest BCUT2D eigenvalue weighted by atomic mass is 16.5. The van der Waals surface area contributed by atoms with Gasteiger partial charge in [-0.25, -0.2) is 9.97 Å². The molecule has 48 heavy (non-hydrogen) atoms. The zero-order valence-electron chi connectivity index (χ0n) is 27.8. The highest BCUT2D eigenvalue weighted by Gasteiger charge is 2.27. The molecule has 6 rings (SSSR count). The van der Waals surface area contributed by atoms with Crippen LogP contribution >= 0.6 is 0 Å². The van der Waals surface area contributed by atoms with Crippen LogP contribution in [-0.4, -0.2) is 98.3 Å². The maximum absolute atomic E-state index is 14.0. The quantitative estimate of drug-likeness (QED) is 0.304. The molecule has 2 aromatic carbocycles. The predicted octanol–water partition coefficient (Wildman–Crippen LogP) is 2.58. The second-order valence-electron chi connectivity index (χ2n) is 13.0. The van der Waals surface area contributed by atoms with Gasteiger partial charge in [-0.15, -0.1) is 0 Å². The standard InChI is InChI=1S/C35H44N8O5/c1-23(2)18-29-33(46)37-12-16-41-15-11-36-32(41)24-6-4-7-27(19-24)48-17-5-13-42(22-31(45)38-29)34(47)25-8-9-30-28(20-25)39-35(40(30)3)43-14-10-26(44)21-43/h4,6-9,11,15,19-20,23,26,29,44H,5,10,12-14,16-18,21-22H2,1-3H3,(H,37,46)(H,38,45)/t26-,29+/m0/s1. The zero-order chi connectivity index (χ0) is 33.8. The van der Waals surface area contributed by atoms with Gasteiger partial charge >= 0.3 is 0 Å². The molecule has 2 aromatic heterocycles. The topological polar surface area (TPSA) is 147 Å². The summed E-state index contributed by atoms with van der Waals surface area (Å²) in [6.45, 7) is 6.43. The van der Waals surface area contributed by atoms with Crippen LogP contribution in [0.2, 0.25) is 0 Å². The summed E-state index contributed by atoms with van der Waals surface area (Å²) in [6, 6.07) is 12.3. The Kier molecular flexibility index (Phi) is 9.95. The van der Waals surface area contributed by atoms with E-state index < -0.39 is 11.9 Å². The van der Waals surface area contributed by atoms with Crippen molar-refractivity contribution in [3.63, 3.8) is 0 Å². The molecule has 4 heterocycles. The largest absolute Gasteiger partial charge is 0.494 e. The lowest BCUT2D eigenvalue weighted by Crippen LogP contribution is -2.51. The van der Waals surface area contributed by atoms with Crippen molar-refractivity contribution in [1.29, 1.82) is 0 Å². The zero-order valence-corrected chi connectivity index (χ0v) is 27.8. The molecule has 3 amide bonds. The van der Waals surface area contributed by atoms with Gasteiger partial charge in [-0.05, 0) is 55.5 Å². The van der Waals surface area contributed by atoms with Crippen molar-refractivity contribution in [2.75, 3.05) is 44.2 Å². The van der Waals surface area contributed by atoms with E-state index >= 15 is 0 Å². The number of aromatic nitrogens is 4. The van der Waals surface area contributed by atoms with Crippen molar-refractivity contribution in [1.82, 2.24) is 34.6 Å². The number of fused-ring (bicyclic) bond motifs is 5. The number of nitrogens with one attached hydrogen (secondary N) is 2. The van der Waals surface area contributed by atoms with Crippen LogP contribution in [0.25, 0.3) is 22.4 Å². The fraction of sp³-hybridized carbons (Fsp3) is 0.457. The van der Waals surface area contributed by atoms with E-state index in [9.17, 15) is 19.5 Å². The Hall–Kier alpha value is -4.91. The number of amides is 3. The fourth-order valence-electron chi connectivity index (χ4n) is 6.42. The summed E-state index contributed by atoms with van der Waals surface area (Å²) >= 11 is 0. The number of nitrogens with zero attached hydrogens (tertiary/aromatic N) is 6. The van der Waals surface area contributed by atoms with Crippen LogP contribution in [0.1, 0.15) is 43.5 Å². The van der Waals surface area contributed by atoms with E-state index in [0.717, 1.165) is 22.9 Å². The Morgan fingerprint density at radius 1 is 1.12 bits per heavy atom. The number of carbonyl (C=O) groups excluding carboxylic acids is 3. The molecule has 1 saturated heterocycles. The van der Waals surface area contributed by atoms with Crippen molar-refractivity contribution in [2.45, 2.75) is 51.8 Å². The van der Waals surface area contributed by atoms with E-state index in [2.05, 4.69) is 15.6 Å². The lowest BCUT2D eigenvalue weighted by molar-refractivity contribution is -0.129. The lowest BCUT2D eigenvalue weighted by Gasteiger charge is -2.25. The van der Waals surface area contributed by atoms with Gasteiger partial charge in [-0.3, -0.25) is 14.4 Å². The predicted molar refractivity (Wildman–Crippen MR) is 182 cm³/mol. The number of carbonyl (C=O) groups is 3. The molecule has 2 aliphatic heterocycles. The highest BCUT2D eigenvalue weighted by molar-refractivity contribution is 5.99. The van der Waals surface area contributed by atoms with Gasteiger partial charge in [0.25, 0.3) is 5.91 Å². The number of imidazole rings is 2. The van der Waals surface area contributed by atoms with Crippen molar-refractivity contribution in [3.8, 4) is 17.1 Å². The summed E-state index contributed by atoms with van der Waals surface area (Å²) in [6.07, 6.45) is 4.82. The first-order chi connectivity index (χ1) is 23.2. The van der Waals surface area contributed by atoms with Gasteiger partial charge in [0.1, 0.15) is 17.6 Å². The van der Waals surface area contributed by atoms with E-state index in [0.29, 0.717) is 68.9 Å². The Labute approximate surface area is 279 Å². The number of ether oxygens (including phenoxy) is 1. The molecule has 3 N–H and O–H groups in total. The minimum atomic E-state index is -0.747. The van der Waals surface area contributed by atoms with Crippen molar-refractivity contribution < 1.29 is 24.2 Å². The Morgan fingerprint density at radius 3 is 2.77 bits per heavy atom. The van der Waals surface area contributed by atoms with Crippen LogP contribution in [0.15, 0.2) is 54.9 Å². The Balaban J connectivity index is 1.25. The summed E-state index contributed by atoms with van der Waals surface area (Å²) < 4.78 is 10.0.